The molecule has 0 aromatic heterocycles. The molecule has 0 aliphatic heterocycles. The zero-order valence-corrected chi connectivity index (χ0v) is 56.9. The number of allylic oxidation sites excluding steroid dienone is 3. The molecule has 0 bridgehead atoms. The van der Waals surface area contributed by atoms with E-state index >= 15 is 0 Å². The predicted octanol–water partition coefficient (Wildman–Crippen LogP) is 30.6. The lowest BCUT2D eigenvalue weighted by atomic mass is 10.0. The molecule has 5 atom stereocenters. The summed E-state index contributed by atoms with van der Waals surface area (Å²) in [5.41, 5.74) is -13.0. The molecule has 0 aliphatic carbocycles. The van der Waals surface area contributed by atoms with E-state index in [1.807, 2.05) is 16.1 Å². The standard InChI is InChI=1S/C9H4F12O2.C8H4F12O2.C8H4F10O.C7H4F10O.C7H7F7O.C4H5F3.2CF2O.4CH3F.4CH4/c1-3(10)6(14,15)23-7(16,8(17,18)19)9(20,21)22-4(2)5(11,12)13;1-3(9)5(13,14)22-6(15,7(16,17)18)8(19,20)21-2-4(10,11)12;1-3(9)5(10,7(14,15)16)8(17,18)19-4(2)6(11,12)13;1-3(8)5(12,6(13,14)15)7(16,17)18-2-4(9,10)11;1-3-5(9,7(12,13)14)15-6(10,11)4(2)8;1-3(2)4(5,6)7;2*2-1(3)4;4*1-2;;;;/h1-2H2;1-2H2;1-2H2;1-2H2;2-3H2,1H3;1H2,2H3;;;4*1H3;4*1H4. The van der Waals surface area contributed by atoms with Gasteiger partial charge in [-0.2, -0.15) is 202 Å². The van der Waals surface area contributed by atoms with Crippen LogP contribution in [-0.2, 0) is 33.2 Å². The van der Waals surface area contributed by atoms with Crippen LogP contribution in [0, 0.1) is 0 Å². The average Bonchev–Trinajstić information content (AvgIpc) is 0.763. The molecule has 0 saturated carbocycles. The molecule has 124 heavy (non-hydrogen) atoms. The van der Waals surface area contributed by atoms with Crippen molar-refractivity contribution < 1.29 is 315 Å². The van der Waals surface area contributed by atoms with Gasteiger partial charge in [0.1, 0.15) is 24.9 Å². The third kappa shape index (κ3) is 53.1. The second-order valence-electron chi connectivity index (χ2n) is 17.6. The highest BCUT2D eigenvalue weighted by atomic mass is 19.5. The van der Waals surface area contributed by atoms with Gasteiger partial charge in [-0.25, -0.2) is 44.7 Å². The number of ether oxygens (including phenoxy) is 7. The fourth-order valence-corrected chi connectivity index (χ4v) is 3.67. The minimum absolute atomic E-state index is 0. The molecule has 0 spiro atoms. The number of carbonyl (C=O) groups excluding carboxylic acids is 2. The van der Waals surface area contributed by atoms with Crippen LogP contribution in [0.25, 0.3) is 0 Å². The predicted molar refractivity (Wildman–Crippen MR) is 297 cm³/mol. The van der Waals surface area contributed by atoms with E-state index in [0.29, 0.717) is 35.6 Å². The monoisotopic (exact) mass is 2010 g/mol. The molecule has 0 aliphatic rings. The summed E-state index contributed by atoms with van der Waals surface area (Å²) < 4.78 is 752. The molecule has 0 aromatic rings. The first-order chi connectivity index (χ1) is 51.7. The van der Waals surface area contributed by atoms with E-state index in [1.54, 1.807) is 32.9 Å². The number of alkyl halides is 53. The van der Waals surface area contributed by atoms with E-state index < -0.39 is 212 Å². The van der Waals surface area contributed by atoms with Gasteiger partial charge >= 0.3 is 146 Å². The quantitative estimate of drug-likeness (QED) is 0.0405. The summed E-state index contributed by atoms with van der Waals surface area (Å²) in [6.45, 7) is 10.7. The van der Waals surface area contributed by atoms with E-state index in [0.717, 1.165) is 6.92 Å². The zero-order valence-electron chi connectivity index (χ0n) is 56.9. The Morgan fingerprint density at radius 3 is 0.605 bits per heavy atom. The van der Waals surface area contributed by atoms with Gasteiger partial charge in [0.2, 0.25) is 0 Å². The minimum atomic E-state index is -7.07. The van der Waals surface area contributed by atoms with Crippen LogP contribution in [0.1, 0.15) is 50.0 Å². The van der Waals surface area contributed by atoms with E-state index in [1.165, 1.54) is 0 Å². The maximum Gasteiger partial charge on any atom is 0.483 e. The van der Waals surface area contributed by atoms with Gasteiger partial charge < -0.3 is 18.9 Å². The molecule has 0 amide bonds. The lowest BCUT2D eigenvalue weighted by molar-refractivity contribution is -0.500. The largest absolute Gasteiger partial charge is 0.483 e. The number of carbonyl (C=O) groups is 2. The molecule has 0 N–H and O–H groups in total. The summed E-state index contributed by atoms with van der Waals surface area (Å²) in [4.78, 5) is 16.2. The lowest BCUT2D eigenvalue weighted by Gasteiger charge is -2.35. The normalized spacial score (nSPS) is 14.6. The maximum atomic E-state index is 13.4. The van der Waals surface area contributed by atoms with Crippen LogP contribution in [0.15, 0.2) is 98.9 Å². The molecule has 0 fully saturated rings. The van der Waals surface area contributed by atoms with Crippen molar-refractivity contribution in [3.05, 3.63) is 98.9 Å². The molecule has 9 nitrogen and oxygen atoms in total. The van der Waals surface area contributed by atoms with E-state index in [-0.39, 0.29) is 29.7 Å². The molecule has 0 aromatic carbocycles. The molecular formula is C53H56F62O9. The number of halogens is 62. The summed E-state index contributed by atoms with van der Waals surface area (Å²) in [5.74, 6) is -39.4. The smallest absolute Gasteiger partial charge is 0.425 e. The Labute approximate surface area is 652 Å². The molecule has 0 radical (unpaired) electrons. The Morgan fingerprint density at radius 2 is 0.452 bits per heavy atom. The van der Waals surface area contributed by atoms with Crippen LogP contribution >= 0.6 is 0 Å². The van der Waals surface area contributed by atoms with Gasteiger partial charge in [-0.05, 0) is 6.92 Å². The summed E-state index contributed by atoms with van der Waals surface area (Å²) in [7, 11) is 2.00. The van der Waals surface area contributed by atoms with Crippen molar-refractivity contribution in [1.82, 2.24) is 0 Å². The molecule has 5 unspecified atom stereocenters. The van der Waals surface area contributed by atoms with Crippen LogP contribution in [-0.4, -0.2) is 188 Å². The second-order valence-corrected chi connectivity index (χ2v) is 17.6. The van der Waals surface area contributed by atoms with Gasteiger partial charge in [0.15, 0.2) is 29.0 Å². The first kappa shape index (κ1) is 154. The van der Waals surface area contributed by atoms with Crippen molar-refractivity contribution in [3.63, 3.8) is 0 Å². The Kier molecular flexibility index (Phi) is 69.2. The molecular weight excluding hydrogens is 1960 g/mol. The van der Waals surface area contributed by atoms with Gasteiger partial charge in [0.05, 0.1) is 28.7 Å². The second kappa shape index (κ2) is 55.8. The van der Waals surface area contributed by atoms with Gasteiger partial charge in [-0.3, -0.25) is 31.8 Å². The SMILES string of the molecule is C.C.C.C.C=C(C)C(F)(F)F.C=C(F)C(F)(C(F)(F)F)C(F)(F)OCC(F)(F)F.C=C(F)C(F)(F)OC(F)(C(F)(F)F)C(F)(F)OCC(F)(F)F.C=C(F)C(F)(F)OC(F)(CC)C(F)(F)F.C=C(OC(F)(F)C(F)(C(=C)F)C(F)(F)F)C(F)(F)F.C=C(OC(F)(F)C(F)(OC(F)(F)C(=C)F)C(F)(F)F)C(F)(F)F.CF.CF.CF.CF.O=C(F)F.O=C(F)F. The third-order valence-electron chi connectivity index (χ3n) is 8.92. The van der Waals surface area contributed by atoms with Gasteiger partial charge in [-0.15, -0.1) is 17.6 Å². The van der Waals surface area contributed by atoms with Crippen LogP contribution in [0.2, 0.25) is 0 Å². The zero-order chi connectivity index (χ0) is 102. The molecule has 0 rings (SSSR count). The highest BCUT2D eigenvalue weighted by Crippen LogP contribution is 2.56. The maximum absolute atomic E-state index is 13.4. The Hall–Kier alpha value is -7.68. The fraction of sp³-hybridized carbons (Fsp3) is 0.660. The first-order valence-corrected chi connectivity index (χ1v) is 25.3. The van der Waals surface area contributed by atoms with Crippen molar-refractivity contribution in [2.75, 3.05) is 41.9 Å². The lowest BCUT2D eigenvalue weighted by Crippen LogP contribution is -2.61. The van der Waals surface area contributed by atoms with E-state index in [2.05, 4.69) is 36.8 Å². The van der Waals surface area contributed by atoms with Crippen molar-refractivity contribution in [3.8, 4) is 0 Å². The first-order valence-electron chi connectivity index (χ1n) is 25.3. The van der Waals surface area contributed by atoms with Crippen LogP contribution in [0.3, 0.4) is 0 Å². The van der Waals surface area contributed by atoms with Crippen LogP contribution < -0.4 is 0 Å². The van der Waals surface area contributed by atoms with Gasteiger partial charge in [-0.1, -0.05) is 89.3 Å². The number of rotatable bonds is 24. The van der Waals surface area contributed by atoms with Crippen LogP contribution in [0.4, 0.5) is 282 Å². The average molecular weight is 2010 g/mol. The summed E-state index contributed by atoms with van der Waals surface area (Å²) in [6.07, 6.45) is -109. The fourth-order valence-electron chi connectivity index (χ4n) is 3.67. The highest BCUT2D eigenvalue weighted by Gasteiger charge is 2.81. The van der Waals surface area contributed by atoms with Crippen molar-refractivity contribution in [1.29, 1.82) is 0 Å². The van der Waals surface area contributed by atoms with E-state index in [9.17, 15) is 272 Å². The number of hydrogen-bond acceptors (Lipinski definition) is 9. The van der Waals surface area contributed by atoms with Crippen molar-refractivity contribution in [2.24, 2.45) is 0 Å². The van der Waals surface area contributed by atoms with Gasteiger partial charge in [0.25, 0.3) is 0 Å². The Morgan fingerprint density at radius 1 is 0.266 bits per heavy atom. The molecule has 0 heterocycles. The molecule has 756 valence electrons. The van der Waals surface area contributed by atoms with Gasteiger partial charge in [0, 0.05) is 12.0 Å². The summed E-state index contributed by atoms with van der Waals surface area (Å²) in [5, 5.41) is 0. The highest BCUT2D eigenvalue weighted by molar-refractivity contribution is 5.56. The molecule has 71 heteroatoms. The Balaban J connectivity index is -0.0000000785. The van der Waals surface area contributed by atoms with Crippen molar-refractivity contribution >= 4 is 12.6 Å². The summed E-state index contributed by atoms with van der Waals surface area (Å²) >= 11 is 0. The molecule has 0 saturated heterocycles. The summed E-state index contributed by atoms with van der Waals surface area (Å²) in [6, 6.07) is 0. The third-order valence-corrected chi connectivity index (χ3v) is 8.92. The van der Waals surface area contributed by atoms with Crippen LogP contribution in [0.5, 0.6) is 0 Å². The minimum Gasteiger partial charge on any atom is -0.425 e. The Bertz CT molecular complexity index is 3070. The number of hydrogen-bond donors (Lipinski definition) is 0. The van der Waals surface area contributed by atoms with E-state index in [4.69, 9.17) is 9.59 Å². The topological polar surface area (TPSA) is 98.8 Å². The van der Waals surface area contributed by atoms with Crippen molar-refractivity contribution in [2.45, 2.75) is 183 Å².